The van der Waals surface area contributed by atoms with E-state index in [1.54, 1.807) is 19.0 Å². The smallest absolute Gasteiger partial charge is 0.253 e. The molecule has 44 heavy (non-hydrogen) atoms. The average Bonchev–Trinajstić information content (AvgIpc) is 3.31. The minimum absolute atomic E-state index is 0.000270. The molecule has 3 saturated heterocycles. The van der Waals surface area contributed by atoms with Crippen LogP contribution in [0.5, 0.6) is 0 Å². The number of unbranched alkanes of at least 4 members (excludes halogenated alkanes) is 1. The molecule has 10 heteroatoms. The molecule has 3 aliphatic heterocycles. The van der Waals surface area contributed by atoms with Crippen molar-refractivity contribution in [1.82, 2.24) is 24.5 Å². The molecule has 1 spiro atoms. The number of carbonyl (C=O) groups is 3. The van der Waals surface area contributed by atoms with Gasteiger partial charge in [0.25, 0.3) is 5.91 Å². The van der Waals surface area contributed by atoms with Gasteiger partial charge < -0.3 is 19.6 Å². The topological polar surface area (TPSA) is 108 Å². The summed E-state index contributed by atoms with van der Waals surface area (Å²) in [5.41, 5.74) is 3.91. The first kappa shape index (κ1) is 32.3. The summed E-state index contributed by atoms with van der Waals surface area (Å²) in [4.78, 5) is 46.0. The van der Waals surface area contributed by atoms with Crippen molar-refractivity contribution >= 4 is 17.6 Å². The Kier molecular flexibility index (Phi) is 9.92. The number of ether oxygens (including phenoxy) is 1. The first-order valence-corrected chi connectivity index (χ1v) is 16.3. The highest BCUT2D eigenvalue weighted by Gasteiger charge is 2.55. The van der Waals surface area contributed by atoms with Crippen molar-refractivity contribution in [3.63, 3.8) is 0 Å². The van der Waals surface area contributed by atoms with Gasteiger partial charge in [-0.25, -0.2) is 4.68 Å². The largest absolute Gasteiger partial charge is 0.392 e. The van der Waals surface area contributed by atoms with Gasteiger partial charge in [-0.1, -0.05) is 13.3 Å². The molecule has 0 unspecified atom stereocenters. The number of aryl methyl sites for hydroxylation is 1. The lowest BCUT2D eigenvalue weighted by Gasteiger charge is -2.52. The molecule has 1 N–H and O–H groups in total. The first-order chi connectivity index (χ1) is 21.1. The van der Waals surface area contributed by atoms with E-state index >= 15 is 0 Å². The zero-order valence-electron chi connectivity index (χ0n) is 27.1. The van der Waals surface area contributed by atoms with E-state index in [9.17, 15) is 19.5 Å². The van der Waals surface area contributed by atoms with E-state index in [4.69, 9.17) is 9.84 Å². The van der Waals surface area contributed by atoms with Crippen LogP contribution < -0.4 is 0 Å². The number of aliphatic hydroxyl groups excluding tert-OH is 1. The van der Waals surface area contributed by atoms with Crippen molar-refractivity contribution in [3.05, 3.63) is 46.8 Å². The Hall–Kier alpha value is -3.08. The molecular weight excluding hydrogens is 558 g/mol. The van der Waals surface area contributed by atoms with Crippen LogP contribution in [0.2, 0.25) is 0 Å². The lowest BCUT2D eigenvalue weighted by atomic mass is 9.71. The maximum absolute atomic E-state index is 14.0. The van der Waals surface area contributed by atoms with Crippen molar-refractivity contribution in [2.75, 3.05) is 46.9 Å². The molecule has 0 radical (unpaired) electrons. The molecule has 240 valence electrons. The molecule has 0 bridgehead atoms. The zero-order valence-corrected chi connectivity index (χ0v) is 27.1. The molecule has 4 heterocycles. The lowest BCUT2D eigenvalue weighted by Crippen LogP contribution is -2.67. The van der Waals surface area contributed by atoms with E-state index in [2.05, 4.69) is 18.7 Å². The van der Waals surface area contributed by atoms with Crippen molar-refractivity contribution in [2.24, 2.45) is 11.8 Å². The molecule has 3 aliphatic rings. The molecule has 1 aromatic carbocycles. The number of ketones is 1. The fourth-order valence-electron chi connectivity index (χ4n) is 7.34. The van der Waals surface area contributed by atoms with Crippen LogP contribution >= 0.6 is 0 Å². The van der Waals surface area contributed by atoms with E-state index in [1.165, 1.54) is 0 Å². The van der Waals surface area contributed by atoms with Crippen LogP contribution in [0.25, 0.3) is 5.69 Å². The summed E-state index contributed by atoms with van der Waals surface area (Å²) in [5, 5.41) is 16.1. The maximum atomic E-state index is 14.0. The Balaban J connectivity index is 1.28. The molecule has 1 aromatic heterocycles. The Morgan fingerprint density at radius 1 is 1.11 bits per heavy atom. The van der Waals surface area contributed by atoms with E-state index in [0.717, 1.165) is 48.3 Å². The van der Waals surface area contributed by atoms with Crippen molar-refractivity contribution < 1.29 is 24.2 Å². The van der Waals surface area contributed by atoms with Gasteiger partial charge in [0.1, 0.15) is 5.54 Å². The minimum atomic E-state index is -0.802. The van der Waals surface area contributed by atoms with Crippen LogP contribution in [0.3, 0.4) is 0 Å². The highest BCUT2D eigenvalue weighted by molar-refractivity contribution is 6.00. The van der Waals surface area contributed by atoms with Gasteiger partial charge in [-0.15, -0.1) is 0 Å². The first-order valence-electron chi connectivity index (χ1n) is 16.3. The summed E-state index contributed by atoms with van der Waals surface area (Å²) >= 11 is 0. The summed E-state index contributed by atoms with van der Waals surface area (Å²) in [6.45, 7) is 10.1. The summed E-state index contributed by atoms with van der Waals surface area (Å²) in [5.74, 6) is -0.624. The fourth-order valence-corrected chi connectivity index (χ4v) is 7.34. The molecule has 2 amide bonds. The Labute approximate surface area is 261 Å². The third kappa shape index (κ3) is 6.21. The number of benzene rings is 1. The Morgan fingerprint density at radius 2 is 1.77 bits per heavy atom. The highest BCUT2D eigenvalue weighted by Crippen LogP contribution is 2.41. The number of carbonyl (C=O) groups excluding carboxylic acids is 3. The quantitative estimate of drug-likeness (QED) is 0.465. The number of amides is 2. The van der Waals surface area contributed by atoms with Gasteiger partial charge in [0.2, 0.25) is 5.91 Å². The second kappa shape index (κ2) is 13.5. The SMILES string of the molecule is CCCCN1C(=O)[C@@H]([C@H](O)C2CCOCC2)CC(=O)C12CCN(Cc1c(C)nn(-c3ccc(C(=O)N(C)C)cc3)c1C)CC2. The predicted octanol–water partition coefficient (Wildman–Crippen LogP) is 3.53. The average molecular weight is 608 g/mol. The van der Waals surface area contributed by atoms with Crippen molar-refractivity contribution in [2.45, 2.75) is 83.9 Å². The van der Waals surface area contributed by atoms with Crippen LogP contribution in [0.1, 0.15) is 79.2 Å². The predicted molar refractivity (Wildman–Crippen MR) is 168 cm³/mol. The normalized spacial score (nSPS) is 22.0. The van der Waals surface area contributed by atoms with Crippen molar-refractivity contribution in [3.8, 4) is 5.69 Å². The van der Waals surface area contributed by atoms with Gasteiger partial charge in [-0.05, 0) is 76.1 Å². The zero-order chi connectivity index (χ0) is 31.6. The number of piperidine rings is 2. The number of rotatable bonds is 9. The molecule has 2 aromatic rings. The van der Waals surface area contributed by atoms with Crippen LogP contribution in [0.15, 0.2) is 24.3 Å². The summed E-state index contributed by atoms with van der Waals surface area (Å²) < 4.78 is 7.39. The molecule has 5 rings (SSSR count). The van der Waals surface area contributed by atoms with Crippen molar-refractivity contribution in [1.29, 1.82) is 0 Å². The second-order valence-corrected chi connectivity index (χ2v) is 13.1. The number of aromatic nitrogens is 2. The number of hydrogen-bond acceptors (Lipinski definition) is 7. The standard InChI is InChI=1S/C34H49N5O5/c1-6-7-16-38-33(43)28(31(41)25-12-19-44-20-13-25)21-30(40)34(38)14-17-37(18-15-34)22-29-23(2)35-39(24(29)3)27-10-8-26(9-11-27)32(42)36(4)5/h8-11,25,28,31,41H,6-7,12-22H2,1-5H3/t28-,31-/m1/s1. The number of nitrogens with zero attached hydrogens (tertiary/aromatic N) is 5. The monoisotopic (exact) mass is 607 g/mol. The molecule has 0 aliphatic carbocycles. The molecule has 10 nitrogen and oxygen atoms in total. The number of aliphatic hydroxyl groups is 1. The van der Waals surface area contributed by atoms with E-state index in [0.29, 0.717) is 57.8 Å². The third-order valence-electron chi connectivity index (χ3n) is 10.2. The number of hydrogen-bond donors (Lipinski definition) is 1. The molecular formula is C34H49N5O5. The van der Waals surface area contributed by atoms with Crippen LogP contribution in [0, 0.1) is 25.7 Å². The van der Waals surface area contributed by atoms with Gasteiger partial charge in [-0.3, -0.25) is 19.3 Å². The van der Waals surface area contributed by atoms with Crippen LogP contribution in [-0.4, -0.2) is 106 Å². The van der Waals surface area contributed by atoms with Gasteiger partial charge in [0.15, 0.2) is 5.78 Å². The van der Waals surface area contributed by atoms with Gasteiger partial charge in [-0.2, -0.15) is 5.10 Å². The Morgan fingerprint density at radius 3 is 2.39 bits per heavy atom. The highest BCUT2D eigenvalue weighted by atomic mass is 16.5. The fraction of sp³-hybridized carbons (Fsp3) is 0.647. The summed E-state index contributed by atoms with van der Waals surface area (Å²) in [6, 6.07) is 7.51. The second-order valence-electron chi connectivity index (χ2n) is 13.1. The maximum Gasteiger partial charge on any atom is 0.253 e. The summed E-state index contributed by atoms with van der Waals surface area (Å²) in [6.07, 6.45) is 3.77. The van der Waals surface area contributed by atoms with E-state index in [1.807, 2.05) is 40.8 Å². The van der Waals surface area contributed by atoms with E-state index < -0.39 is 17.6 Å². The Bertz CT molecular complexity index is 1340. The molecule has 2 atom stereocenters. The molecule has 0 saturated carbocycles. The number of likely N-dealkylation sites (tertiary alicyclic amines) is 2. The lowest BCUT2D eigenvalue weighted by molar-refractivity contribution is -0.168. The van der Waals surface area contributed by atoms with Gasteiger partial charge in [0.05, 0.1) is 23.4 Å². The summed E-state index contributed by atoms with van der Waals surface area (Å²) in [7, 11) is 3.48. The van der Waals surface area contributed by atoms with Crippen LogP contribution in [0.4, 0.5) is 0 Å². The third-order valence-corrected chi connectivity index (χ3v) is 10.2. The van der Waals surface area contributed by atoms with Gasteiger partial charge >= 0.3 is 0 Å². The van der Waals surface area contributed by atoms with Crippen LogP contribution in [-0.2, 0) is 20.9 Å². The van der Waals surface area contributed by atoms with E-state index in [-0.39, 0.29) is 29.9 Å². The number of Topliss-reactive ketones (excluding diaryl/α,β-unsaturated/α-hetero) is 1. The van der Waals surface area contributed by atoms with Gasteiger partial charge in [0, 0.05) is 76.7 Å². The minimum Gasteiger partial charge on any atom is -0.392 e. The molecule has 3 fully saturated rings.